The monoisotopic (exact) mass is 486 g/mol. The Kier molecular flexibility index (Phi) is 4.96. The van der Waals surface area contributed by atoms with E-state index in [1.54, 1.807) is 28.9 Å². The summed E-state index contributed by atoms with van der Waals surface area (Å²) in [6.07, 6.45) is 3.22. The number of halogens is 2. The van der Waals surface area contributed by atoms with E-state index in [-0.39, 0.29) is 11.9 Å². The van der Waals surface area contributed by atoms with Crippen molar-refractivity contribution in [2.45, 2.75) is 18.9 Å². The normalized spacial score (nSPS) is 15.6. The molecule has 3 N–H and O–H groups in total. The summed E-state index contributed by atoms with van der Waals surface area (Å²) in [5, 5.41) is 13.8. The lowest BCUT2D eigenvalue weighted by atomic mass is 10.0. The number of nitrogen functional groups attached to an aromatic ring is 1. The third kappa shape index (κ3) is 3.38. The van der Waals surface area contributed by atoms with Crippen LogP contribution in [0.4, 0.5) is 20.4 Å². The van der Waals surface area contributed by atoms with Crippen molar-refractivity contribution in [3.05, 3.63) is 65.4 Å². The number of anilines is 2. The maximum Gasteiger partial charge on any atom is 0.170 e. The van der Waals surface area contributed by atoms with Crippen LogP contribution in [0.5, 0.6) is 5.75 Å². The van der Waals surface area contributed by atoms with E-state index >= 15 is 0 Å². The molecular weight excluding hydrogens is 466 g/mol. The Hall–Kier alpha value is -4.72. The van der Waals surface area contributed by atoms with Crippen LogP contribution in [-0.4, -0.2) is 38.2 Å². The van der Waals surface area contributed by atoms with E-state index in [1.807, 2.05) is 4.90 Å². The smallest absolute Gasteiger partial charge is 0.170 e. The third-order valence-electron chi connectivity index (χ3n) is 6.52. The van der Waals surface area contributed by atoms with Gasteiger partial charge in [-0.05, 0) is 43.2 Å². The van der Waals surface area contributed by atoms with Crippen molar-refractivity contribution in [2.75, 3.05) is 24.3 Å². The minimum absolute atomic E-state index is 0.223. The minimum atomic E-state index is -0.478. The number of rotatable bonds is 4. The zero-order valence-corrected chi connectivity index (χ0v) is 19.2. The molecule has 1 saturated heterocycles. The molecule has 3 aromatic heterocycles. The fourth-order valence-electron chi connectivity index (χ4n) is 4.87. The molecule has 0 radical (unpaired) electrons. The van der Waals surface area contributed by atoms with Gasteiger partial charge in [0.25, 0.3) is 0 Å². The molecule has 0 spiro atoms. The van der Waals surface area contributed by atoms with Gasteiger partial charge in [0, 0.05) is 24.4 Å². The van der Waals surface area contributed by atoms with Gasteiger partial charge in [0.2, 0.25) is 0 Å². The number of H-pyrrole nitrogens is 1. The molecule has 1 aliphatic heterocycles. The molecule has 0 saturated carbocycles. The lowest BCUT2D eigenvalue weighted by Crippen LogP contribution is -2.24. The summed E-state index contributed by atoms with van der Waals surface area (Å²) in [6, 6.07) is 10.4. The second-order valence-corrected chi connectivity index (χ2v) is 8.60. The van der Waals surface area contributed by atoms with Crippen LogP contribution in [0, 0.1) is 23.0 Å². The van der Waals surface area contributed by atoms with Crippen molar-refractivity contribution in [3.63, 3.8) is 0 Å². The van der Waals surface area contributed by atoms with E-state index in [0.717, 1.165) is 18.6 Å². The van der Waals surface area contributed by atoms with Crippen LogP contribution < -0.4 is 15.4 Å². The average molecular weight is 486 g/mol. The van der Waals surface area contributed by atoms with Crippen molar-refractivity contribution in [2.24, 2.45) is 0 Å². The molecule has 11 heteroatoms. The van der Waals surface area contributed by atoms with Gasteiger partial charge in [-0.2, -0.15) is 5.26 Å². The number of nitriles is 1. The Balaban J connectivity index is 1.46. The highest BCUT2D eigenvalue weighted by atomic mass is 19.1. The predicted molar refractivity (Wildman–Crippen MR) is 129 cm³/mol. The number of fused-ring (bicyclic) bond motifs is 2. The van der Waals surface area contributed by atoms with E-state index in [4.69, 9.17) is 15.5 Å². The van der Waals surface area contributed by atoms with E-state index in [1.165, 1.54) is 13.2 Å². The van der Waals surface area contributed by atoms with Gasteiger partial charge in [0.15, 0.2) is 11.5 Å². The maximum atomic E-state index is 14.6. The molecule has 2 aromatic carbocycles. The molecule has 0 unspecified atom stereocenters. The van der Waals surface area contributed by atoms with Gasteiger partial charge in [-0.15, -0.1) is 5.10 Å². The number of nitrogens with two attached hydrogens (primary N) is 1. The summed E-state index contributed by atoms with van der Waals surface area (Å²) in [5.41, 5.74) is 9.13. The number of hydrogen-bond acceptors (Lipinski definition) is 7. The Morgan fingerprint density at radius 2 is 2.06 bits per heavy atom. The van der Waals surface area contributed by atoms with Gasteiger partial charge in [0.05, 0.1) is 29.7 Å². The van der Waals surface area contributed by atoms with Crippen LogP contribution in [0.1, 0.15) is 30.0 Å². The number of imidazole rings is 1. The molecule has 1 aliphatic rings. The van der Waals surface area contributed by atoms with Crippen molar-refractivity contribution < 1.29 is 13.5 Å². The molecule has 1 atom stereocenters. The van der Waals surface area contributed by atoms with E-state index in [2.05, 4.69) is 21.1 Å². The number of nitrogens with one attached hydrogen (secondary N) is 1. The molecule has 36 heavy (non-hydrogen) atoms. The SMILES string of the molecule is COc1cc2nc(-c3c(N)nn4ccc(N5CCC[C@@H]5c5cc(F)ccc5F)nc34)[nH]c2cc1C#N. The summed E-state index contributed by atoms with van der Waals surface area (Å²) in [7, 11) is 1.49. The first-order valence-electron chi connectivity index (χ1n) is 11.3. The van der Waals surface area contributed by atoms with Crippen LogP contribution in [0.2, 0.25) is 0 Å². The molecule has 1 fully saturated rings. The molecular formula is C25H20F2N8O. The number of benzene rings is 2. The molecule has 0 aliphatic carbocycles. The quantitative estimate of drug-likeness (QED) is 0.387. The lowest BCUT2D eigenvalue weighted by molar-refractivity contribution is 0.414. The number of ether oxygens (including phenoxy) is 1. The van der Waals surface area contributed by atoms with Crippen molar-refractivity contribution >= 4 is 28.3 Å². The lowest BCUT2D eigenvalue weighted by Gasteiger charge is -2.26. The second-order valence-electron chi connectivity index (χ2n) is 8.60. The number of nitrogens with zero attached hydrogens (tertiary/aromatic N) is 6. The highest BCUT2D eigenvalue weighted by Gasteiger charge is 2.30. The molecule has 180 valence electrons. The number of aromatic nitrogens is 5. The van der Waals surface area contributed by atoms with Crippen LogP contribution in [0.25, 0.3) is 28.1 Å². The number of methoxy groups -OCH3 is 1. The Morgan fingerprint density at radius 3 is 2.86 bits per heavy atom. The fraction of sp³-hybridized carbons (Fsp3) is 0.200. The summed E-state index contributed by atoms with van der Waals surface area (Å²) < 4.78 is 35.3. The topological polar surface area (TPSA) is 121 Å². The second kappa shape index (κ2) is 8.20. The zero-order chi connectivity index (χ0) is 25.0. The van der Waals surface area contributed by atoms with Gasteiger partial charge < -0.3 is 20.4 Å². The van der Waals surface area contributed by atoms with Gasteiger partial charge in [-0.3, -0.25) is 0 Å². The molecule has 0 bridgehead atoms. The summed E-state index contributed by atoms with van der Waals surface area (Å²) >= 11 is 0. The van der Waals surface area contributed by atoms with Gasteiger partial charge >= 0.3 is 0 Å². The molecule has 4 heterocycles. The third-order valence-corrected chi connectivity index (χ3v) is 6.52. The van der Waals surface area contributed by atoms with Gasteiger partial charge in [-0.25, -0.2) is 23.3 Å². The first-order valence-corrected chi connectivity index (χ1v) is 11.3. The Labute approximate surface area is 203 Å². The highest BCUT2D eigenvalue weighted by Crippen LogP contribution is 2.38. The Bertz CT molecular complexity index is 1690. The molecule has 9 nitrogen and oxygen atoms in total. The summed E-state index contributed by atoms with van der Waals surface area (Å²) in [6.45, 7) is 0.643. The van der Waals surface area contributed by atoms with Crippen LogP contribution >= 0.6 is 0 Å². The summed E-state index contributed by atoms with van der Waals surface area (Å²) in [5.74, 6) is 0.751. The van der Waals surface area contributed by atoms with Crippen molar-refractivity contribution in [3.8, 4) is 23.2 Å². The maximum absolute atomic E-state index is 14.6. The first-order chi connectivity index (χ1) is 17.5. The van der Waals surface area contributed by atoms with Crippen molar-refractivity contribution in [1.29, 1.82) is 5.26 Å². The first kappa shape index (κ1) is 21.8. The number of aromatic amines is 1. The molecule has 6 rings (SSSR count). The van der Waals surface area contributed by atoms with Gasteiger partial charge in [0.1, 0.15) is 40.7 Å². The predicted octanol–water partition coefficient (Wildman–Crippen LogP) is 4.35. The van der Waals surface area contributed by atoms with Crippen LogP contribution in [0.3, 0.4) is 0 Å². The standard InChI is InChI=1S/C25H20F2N8O/c1-36-20-11-18-17(9-13(20)12-28)30-24(31-18)22-23(29)33-35-8-6-21(32-25(22)35)34-7-2-3-19(34)15-10-14(26)4-5-16(15)27/h4-6,8-11,19H,2-3,7H2,1H3,(H2,29,33)(H,30,31)/t19-/m1/s1. The minimum Gasteiger partial charge on any atom is -0.495 e. The Morgan fingerprint density at radius 1 is 1.19 bits per heavy atom. The average Bonchev–Trinajstić information content (AvgIpc) is 3.59. The van der Waals surface area contributed by atoms with Crippen molar-refractivity contribution in [1.82, 2.24) is 24.6 Å². The van der Waals surface area contributed by atoms with Crippen LogP contribution in [-0.2, 0) is 0 Å². The summed E-state index contributed by atoms with van der Waals surface area (Å²) in [4.78, 5) is 14.6. The fourth-order valence-corrected chi connectivity index (χ4v) is 4.87. The largest absolute Gasteiger partial charge is 0.495 e. The van der Waals surface area contributed by atoms with Crippen LogP contribution in [0.15, 0.2) is 42.6 Å². The molecule has 0 amide bonds. The van der Waals surface area contributed by atoms with E-state index in [0.29, 0.717) is 63.7 Å². The van der Waals surface area contributed by atoms with E-state index < -0.39 is 11.6 Å². The zero-order valence-electron chi connectivity index (χ0n) is 19.2. The van der Waals surface area contributed by atoms with Gasteiger partial charge in [-0.1, -0.05) is 0 Å². The molecule has 5 aromatic rings. The highest BCUT2D eigenvalue weighted by molar-refractivity contribution is 5.89. The number of hydrogen-bond donors (Lipinski definition) is 2. The van der Waals surface area contributed by atoms with E-state index in [9.17, 15) is 14.0 Å².